The molecule has 0 saturated heterocycles. The van der Waals surface area contributed by atoms with E-state index in [1.807, 2.05) is 12.1 Å². The smallest absolute Gasteiger partial charge is 0.0894 e. The summed E-state index contributed by atoms with van der Waals surface area (Å²) < 4.78 is 12.8. The van der Waals surface area contributed by atoms with Gasteiger partial charge < -0.3 is 0 Å². The lowest BCUT2D eigenvalue weighted by molar-refractivity contribution is 0.462. The van der Waals surface area contributed by atoms with E-state index in [1.54, 1.807) is 0 Å². The van der Waals surface area contributed by atoms with Gasteiger partial charge >= 0.3 is 0 Å². The number of aryl methyl sites for hydroxylation is 1. The number of hydrogen-bond acceptors (Lipinski definition) is 0. The van der Waals surface area contributed by atoms with Crippen molar-refractivity contribution in [1.29, 1.82) is 0 Å². The number of benzene rings is 1. The second-order valence-electron chi connectivity index (χ2n) is 2.77. The van der Waals surface area contributed by atoms with E-state index in [4.69, 9.17) is 0 Å². The van der Waals surface area contributed by atoms with Gasteiger partial charge in [0.2, 0.25) is 0 Å². The van der Waals surface area contributed by atoms with Gasteiger partial charge in [-0.1, -0.05) is 28.1 Å². The van der Waals surface area contributed by atoms with Gasteiger partial charge in [0.15, 0.2) is 0 Å². The average Bonchev–Trinajstić information content (AvgIpc) is 2.09. The molecule has 1 aromatic rings. The van der Waals surface area contributed by atoms with Crippen molar-refractivity contribution < 1.29 is 4.39 Å². The normalized spacial score (nSPS) is 10.2. The third kappa shape index (κ3) is 3.35. The fourth-order valence-electron chi connectivity index (χ4n) is 1.07. The summed E-state index contributed by atoms with van der Waals surface area (Å²) in [6.07, 6.45) is 2.60. The number of hydrogen-bond donors (Lipinski definition) is 0. The Bertz CT molecular complexity index is 218. The molecule has 0 bridgehead atoms. The van der Waals surface area contributed by atoms with E-state index >= 15 is 0 Å². The molecular weight excluding hydrogens is 219 g/mol. The van der Waals surface area contributed by atoms with Crippen molar-refractivity contribution in [3.05, 3.63) is 34.3 Å². The van der Waals surface area contributed by atoms with Crippen LogP contribution in [0, 0.1) is 0 Å². The van der Waals surface area contributed by atoms with Gasteiger partial charge in [-0.15, -0.1) is 0 Å². The van der Waals surface area contributed by atoms with Crippen molar-refractivity contribution in [2.24, 2.45) is 0 Å². The number of rotatable bonds is 4. The van der Waals surface area contributed by atoms with E-state index in [0.717, 1.165) is 17.3 Å². The third-order valence-corrected chi connectivity index (χ3v) is 2.29. The van der Waals surface area contributed by atoms with Gasteiger partial charge in [0.1, 0.15) is 0 Å². The Kier molecular flexibility index (Phi) is 4.30. The van der Waals surface area contributed by atoms with E-state index in [0.29, 0.717) is 6.42 Å². The lowest BCUT2D eigenvalue weighted by Gasteiger charge is -1.99. The summed E-state index contributed by atoms with van der Waals surface area (Å²) in [5.74, 6) is 0. The van der Waals surface area contributed by atoms with Crippen molar-refractivity contribution in [1.82, 2.24) is 0 Å². The maximum Gasteiger partial charge on any atom is 0.0894 e. The van der Waals surface area contributed by atoms with E-state index in [2.05, 4.69) is 28.1 Å². The zero-order valence-corrected chi connectivity index (χ0v) is 8.48. The van der Waals surface area contributed by atoms with E-state index in [9.17, 15) is 4.39 Å². The lowest BCUT2D eigenvalue weighted by Crippen LogP contribution is -1.85. The van der Waals surface area contributed by atoms with Gasteiger partial charge in [0.25, 0.3) is 0 Å². The predicted octanol–water partition coefficient (Wildman–Crippen LogP) is 3.74. The Morgan fingerprint density at radius 3 is 2.33 bits per heavy atom. The maximum atomic E-state index is 11.8. The molecule has 2 heteroatoms. The molecule has 0 N–H and O–H groups in total. The zero-order valence-electron chi connectivity index (χ0n) is 6.89. The third-order valence-electron chi connectivity index (χ3n) is 1.76. The van der Waals surface area contributed by atoms with Crippen LogP contribution >= 0.6 is 15.9 Å². The highest BCUT2D eigenvalue weighted by molar-refractivity contribution is 9.10. The Balaban J connectivity index is 2.37. The quantitative estimate of drug-likeness (QED) is 0.692. The van der Waals surface area contributed by atoms with Crippen LogP contribution in [0.4, 0.5) is 4.39 Å². The van der Waals surface area contributed by atoms with Crippen LogP contribution in [0.5, 0.6) is 0 Å². The molecule has 0 unspecified atom stereocenters. The van der Waals surface area contributed by atoms with Gasteiger partial charge in [-0.25, -0.2) is 0 Å². The summed E-state index contributed by atoms with van der Waals surface area (Å²) in [6, 6.07) is 8.18. The van der Waals surface area contributed by atoms with Crippen molar-refractivity contribution in [3.8, 4) is 0 Å². The molecule has 0 aliphatic carbocycles. The molecule has 66 valence electrons. The zero-order chi connectivity index (χ0) is 8.81. The number of halogens is 2. The highest BCUT2D eigenvalue weighted by Gasteiger charge is 1.92. The van der Waals surface area contributed by atoms with Crippen LogP contribution in [0.3, 0.4) is 0 Å². The fraction of sp³-hybridized carbons (Fsp3) is 0.400. The molecule has 0 nitrogen and oxygen atoms in total. The Morgan fingerprint density at radius 1 is 1.08 bits per heavy atom. The first kappa shape index (κ1) is 9.72. The number of unbranched alkanes of at least 4 members (excludes halogenated alkanes) is 1. The summed E-state index contributed by atoms with van der Waals surface area (Å²) in [7, 11) is 0. The Morgan fingerprint density at radius 2 is 1.75 bits per heavy atom. The van der Waals surface area contributed by atoms with Gasteiger partial charge in [0.05, 0.1) is 6.67 Å². The molecule has 0 spiro atoms. The summed E-state index contributed by atoms with van der Waals surface area (Å²) in [6.45, 7) is -0.198. The molecular formula is C10H12BrF. The molecule has 0 aliphatic rings. The van der Waals surface area contributed by atoms with E-state index in [-0.39, 0.29) is 6.67 Å². The molecule has 0 radical (unpaired) electrons. The van der Waals surface area contributed by atoms with E-state index in [1.165, 1.54) is 5.56 Å². The van der Waals surface area contributed by atoms with Crippen LogP contribution in [0.2, 0.25) is 0 Å². The summed E-state index contributed by atoms with van der Waals surface area (Å²) >= 11 is 3.37. The predicted molar refractivity (Wildman–Crippen MR) is 53.1 cm³/mol. The first-order valence-corrected chi connectivity index (χ1v) is 4.92. The number of alkyl halides is 1. The largest absolute Gasteiger partial charge is 0.251 e. The SMILES string of the molecule is FCCCCc1ccc(Br)cc1. The molecule has 0 saturated carbocycles. The molecule has 1 rings (SSSR count). The van der Waals surface area contributed by atoms with Crippen molar-refractivity contribution in [3.63, 3.8) is 0 Å². The second-order valence-corrected chi connectivity index (χ2v) is 3.69. The molecule has 0 heterocycles. The molecule has 0 atom stereocenters. The fourth-order valence-corrected chi connectivity index (χ4v) is 1.34. The average molecular weight is 231 g/mol. The molecule has 0 amide bonds. The second kappa shape index (κ2) is 5.31. The van der Waals surface area contributed by atoms with Crippen LogP contribution in [0.15, 0.2) is 28.7 Å². The monoisotopic (exact) mass is 230 g/mol. The molecule has 12 heavy (non-hydrogen) atoms. The standard InChI is InChI=1S/C10H12BrF/c11-10-6-4-9(5-7-10)3-1-2-8-12/h4-7H,1-3,8H2. The van der Waals surface area contributed by atoms with E-state index < -0.39 is 0 Å². The summed E-state index contributed by atoms with van der Waals surface area (Å²) in [4.78, 5) is 0. The van der Waals surface area contributed by atoms with Crippen LogP contribution in [0.1, 0.15) is 18.4 Å². The van der Waals surface area contributed by atoms with Crippen LogP contribution in [-0.4, -0.2) is 6.67 Å². The summed E-state index contributed by atoms with van der Waals surface area (Å²) in [5, 5.41) is 0. The lowest BCUT2D eigenvalue weighted by atomic mass is 10.1. The van der Waals surface area contributed by atoms with Crippen molar-refractivity contribution in [2.75, 3.05) is 6.67 Å². The van der Waals surface area contributed by atoms with Gasteiger partial charge in [-0.3, -0.25) is 4.39 Å². The topological polar surface area (TPSA) is 0 Å². The molecule has 1 aromatic carbocycles. The highest BCUT2D eigenvalue weighted by Crippen LogP contribution is 2.12. The minimum Gasteiger partial charge on any atom is -0.251 e. The van der Waals surface area contributed by atoms with Crippen LogP contribution < -0.4 is 0 Å². The highest BCUT2D eigenvalue weighted by atomic mass is 79.9. The minimum atomic E-state index is -0.198. The van der Waals surface area contributed by atoms with Gasteiger partial charge in [-0.2, -0.15) is 0 Å². The van der Waals surface area contributed by atoms with Crippen molar-refractivity contribution in [2.45, 2.75) is 19.3 Å². The molecule has 0 aliphatic heterocycles. The van der Waals surface area contributed by atoms with Crippen LogP contribution in [0.25, 0.3) is 0 Å². The van der Waals surface area contributed by atoms with Gasteiger partial charge in [-0.05, 0) is 37.0 Å². The Hall–Kier alpha value is -0.370. The molecule has 0 fully saturated rings. The van der Waals surface area contributed by atoms with Crippen LogP contribution in [-0.2, 0) is 6.42 Å². The first-order valence-electron chi connectivity index (χ1n) is 4.13. The summed E-state index contributed by atoms with van der Waals surface area (Å²) in [5.41, 5.74) is 1.28. The first-order chi connectivity index (χ1) is 5.83. The molecule has 0 aromatic heterocycles. The Labute approximate surface area is 80.9 Å². The van der Waals surface area contributed by atoms with Gasteiger partial charge in [0, 0.05) is 4.47 Å². The maximum absolute atomic E-state index is 11.8. The van der Waals surface area contributed by atoms with Crippen molar-refractivity contribution >= 4 is 15.9 Å². The minimum absolute atomic E-state index is 0.198.